The van der Waals surface area contributed by atoms with Gasteiger partial charge in [0.2, 0.25) is 0 Å². The molecule has 0 bridgehead atoms. The Labute approximate surface area is 203 Å². The van der Waals surface area contributed by atoms with Crippen molar-refractivity contribution in [2.75, 3.05) is 25.5 Å². The van der Waals surface area contributed by atoms with Crippen molar-refractivity contribution in [2.45, 2.75) is 17.9 Å². The van der Waals surface area contributed by atoms with E-state index < -0.39 is 10.0 Å². The van der Waals surface area contributed by atoms with E-state index in [0.717, 1.165) is 15.2 Å². The van der Waals surface area contributed by atoms with E-state index in [1.807, 2.05) is 31.2 Å². The monoisotopic (exact) mass is 495 g/mol. The van der Waals surface area contributed by atoms with Crippen molar-refractivity contribution >= 4 is 43.2 Å². The maximum absolute atomic E-state index is 13.2. The number of anilines is 1. The second kappa shape index (κ2) is 9.44. The highest BCUT2D eigenvalue weighted by Gasteiger charge is 2.25. The Morgan fingerprint density at radius 3 is 2.38 bits per heavy atom. The minimum atomic E-state index is -3.87. The van der Waals surface area contributed by atoms with Crippen molar-refractivity contribution in [2.24, 2.45) is 0 Å². The zero-order valence-corrected chi connectivity index (χ0v) is 20.9. The van der Waals surface area contributed by atoms with Crippen LogP contribution in [0.3, 0.4) is 0 Å². The summed E-state index contributed by atoms with van der Waals surface area (Å²) < 4.78 is 33.9. The van der Waals surface area contributed by atoms with Gasteiger partial charge in [0.1, 0.15) is 10.8 Å². The molecule has 4 rings (SSSR count). The van der Waals surface area contributed by atoms with Crippen LogP contribution in [0.4, 0.5) is 5.69 Å². The van der Waals surface area contributed by atoms with E-state index in [4.69, 9.17) is 4.74 Å². The number of rotatable bonds is 7. The first-order valence-corrected chi connectivity index (χ1v) is 12.8. The molecule has 0 fully saturated rings. The number of benzene rings is 3. The number of hydrogen-bond donors (Lipinski definition) is 0. The third-order valence-electron chi connectivity index (χ3n) is 5.74. The molecule has 34 heavy (non-hydrogen) atoms. The van der Waals surface area contributed by atoms with Crippen LogP contribution in [0.25, 0.3) is 10.2 Å². The van der Waals surface area contributed by atoms with Gasteiger partial charge in [0.25, 0.3) is 15.9 Å². The molecular formula is C25H25N3O4S2. The number of aromatic nitrogens is 1. The lowest BCUT2D eigenvalue weighted by Gasteiger charge is -2.24. The van der Waals surface area contributed by atoms with Gasteiger partial charge in [0, 0.05) is 19.7 Å². The topological polar surface area (TPSA) is 79.8 Å². The number of carbonyl (C=O) groups is 1. The maximum atomic E-state index is 13.2. The predicted octanol–water partition coefficient (Wildman–Crippen LogP) is 4.96. The first-order valence-electron chi connectivity index (χ1n) is 10.6. The van der Waals surface area contributed by atoms with E-state index in [-0.39, 0.29) is 16.8 Å². The third kappa shape index (κ3) is 4.49. The van der Waals surface area contributed by atoms with Gasteiger partial charge in [0.15, 0.2) is 0 Å². The molecule has 0 radical (unpaired) electrons. The lowest BCUT2D eigenvalue weighted by Crippen LogP contribution is -2.30. The van der Waals surface area contributed by atoms with Crippen LogP contribution in [0.1, 0.15) is 28.3 Å². The molecule has 0 saturated heterocycles. The zero-order chi connectivity index (χ0) is 24.5. The quantitative estimate of drug-likeness (QED) is 0.362. The summed E-state index contributed by atoms with van der Waals surface area (Å²) in [5.41, 5.74) is 1.67. The van der Waals surface area contributed by atoms with Crippen LogP contribution in [-0.2, 0) is 10.0 Å². The average molecular weight is 496 g/mol. The molecule has 0 aliphatic carbocycles. The van der Waals surface area contributed by atoms with Gasteiger partial charge in [-0.3, -0.25) is 9.10 Å². The van der Waals surface area contributed by atoms with Crippen molar-refractivity contribution in [3.63, 3.8) is 0 Å². The van der Waals surface area contributed by atoms with Crippen molar-refractivity contribution in [1.82, 2.24) is 9.88 Å². The lowest BCUT2D eigenvalue weighted by atomic mass is 10.2. The number of ether oxygens (including phenoxy) is 1. The van der Waals surface area contributed by atoms with E-state index >= 15 is 0 Å². The third-order valence-corrected chi connectivity index (χ3v) is 8.73. The number of hydrogen-bond acceptors (Lipinski definition) is 6. The minimum absolute atomic E-state index is 0.0395. The van der Waals surface area contributed by atoms with E-state index in [9.17, 15) is 13.2 Å². The molecule has 0 N–H and O–H groups in total. The zero-order valence-electron chi connectivity index (χ0n) is 19.3. The fraction of sp³-hybridized carbons (Fsp3) is 0.200. The number of amides is 1. The molecular weight excluding hydrogens is 470 g/mol. The van der Waals surface area contributed by atoms with Crippen LogP contribution in [0, 0.1) is 0 Å². The second-order valence-corrected chi connectivity index (χ2v) is 10.8. The van der Waals surface area contributed by atoms with E-state index in [0.29, 0.717) is 17.0 Å². The summed E-state index contributed by atoms with van der Waals surface area (Å²) in [7, 11) is 0.854. The summed E-state index contributed by atoms with van der Waals surface area (Å²) in [4.78, 5) is 19.5. The summed E-state index contributed by atoms with van der Waals surface area (Å²) in [6, 6.07) is 20.4. The van der Waals surface area contributed by atoms with Gasteiger partial charge in [-0.1, -0.05) is 18.2 Å². The fourth-order valence-electron chi connectivity index (χ4n) is 3.49. The highest BCUT2D eigenvalue weighted by Crippen LogP contribution is 2.30. The summed E-state index contributed by atoms with van der Waals surface area (Å²) in [5.74, 6) is 0.350. The van der Waals surface area contributed by atoms with Gasteiger partial charge in [-0.05, 0) is 61.5 Å². The van der Waals surface area contributed by atoms with Crippen LogP contribution >= 0.6 is 11.3 Å². The summed E-state index contributed by atoms with van der Waals surface area (Å²) in [6.45, 7) is 1.91. The fourth-order valence-corrected chi connectivity index (χ4v) is 5.80. The summed E-state index contributed by atoms with van der Waals surface area (Å²) in [5, 5.41) is 0.820. The summed E-state index contributed by atoms with van der Waals surface area (Å²) in [6.07, 6.45) is 0. The minimum Gasteiger partial charge on any atom is -0.497 e. The highest BCUT2D eigenvalue weighted by atomic mass is 32.2. The normalized spacial score (nSPS) is 12.4. The number of nitrogens with zero attached hydrogens (tertiary/aromatic N) is 3. The van der Waals surface area contributed by atoms with Crippen molar-refractivity contribution in [3.8, 4) is 5.75 Å². The van der Waals surface area contributed by atoms with Crippen molar-refractivity contribution < 1.29 is 17.9 Å². The molecule has 1 aromatic heterocycles. The van der Waals surface area contributed by atoms with E-state index in [2.05, 4.69) is 4.98 Å². The molecule has 0 spiro atoms. The Morgan fingerprint density at radius 1 is 1.00 bits per heavy atom. The molecule has 0 saturated carbocycles. The number of fused-ring (bicyclic) bond motifs is 1. The van der Waals surface area contributed by atoms with Gasteiger partial charge in [0.05, 0.1) is 34.0 Å². The molecule has 1 amide bonds. The largest absolute Gasteiger partial charge is 0.497 e. The van der Waals surface area contributed by atoms with Crippen LogP contribution in [0.2, 0.25) is 0 Å². The Balaban J connectivity index is 1.58. The molecule has 7 nitrogen and oxygen atoms in total. The van der Waals surface area contributed by atoms with Gasteiger partial charge in [-0.25, -0.2) is 13.4 Å². The van der Waals surface area contributed by atoms with Gasteiger partial charge in [-0.2, -0.15) is 0 Å². The molecule has 4 aromatic rings. The van der Waals surface area contributed by atoms with Crippen molar-refractivity contribution in [3.05, 3.63) is 83.4 Å². The summed E-state index contributed by atoms with van der Waals surface area (Å²) >= 11 is 1.54. The number of methoxy groups -OCH3 is 1. The molecule has 0 aliphatic rings. The molecule has 0 unspecified atom stereocenters. The van der Waals surface area contributed by atoms with Crippen LogP contribution in [0.5, 0.6) is 5.75 Å². The Bertz CT molecular complexity index is 1400. The molecule has 176 valence electrons. The average Bonchev–Trinajstić information content (AvgIpc) is 3.31. The Kier molecular flexibility index (Phi) is 6.58. The molecule has 1 atom stereocenters. The standard InChI is InChI=1S/C25H25N3O4S2/c1-17(24-26-22-10-5-6-11-23(22)33-24)27(2)25(29)18-8-7-9-21(16-18)34(30,31)28(3)19-12-14-20(32-4)15-13-19/h5-17H,1-4H3/t17-/m1/s1. The van der Waals surface area contributed by atoms with Crippen molar-refractivity contribution in [1.29, 1.82) is 0 Å². The predicted molar refractivity (Wildman–Crippen MR) is 135 cm³/mol. The number of thiazole rings is 1. The van der Waals surface area contributed by atoms with Crippen LogP contribution < -0.4 is 9.04 Å². The van der Waals surface area contributed by atoms with E-state index in [1.54, 1.807) is 66.8 Å². The lowest BCUT2D eigenvalue weighted by molar-refractivity contribution is 0.0742. The first-order chi connectivity index (χ1) is 16.2. The number of para-hydroxylation sites is 1. The van der Waals surface area contributed by atoms with Crippen LogP contribution in [-0.4, -0.2) is 45.4 Å². The molecule has 9 heteroatoms. The molecule has 1 heterocycles. The number of carbonyl (C=O) groups excluding carboxylic acids is 1. The maximum Gasteiger partial charge on any atom is 0.264 e. The SMILES string of the molecule is COc1ccc(N(C)S(=O)(=O)c2cccc(C(=O)N(C)[C@H](C)c3nc4ccccc4s3)c2)cc1. The highest BCUT2D eigenvalue weighted by molar-refractivity contribution is 7.92. The Hall–Kier alpha value is -3.43. The van der Waals surface area contributed by atoms with Gasteiger partial charge in [-0.15, -0.1) is 11.3 Å². The first kappa shape index (κ1) is 23.7. The second-order valence-electron chi connectivity index (χ2n) is 7.81. The van der Waals surface area contributed by atoms with Gasteiger partial charge >= 0.3 is 0 Å². The molecule has 0 aliphatic heterocycles. The van der Waals surface area contributed by atoms with Gasteiger partial charge < -0.3 is 9.64 Å². The Morgan fingerprint density at radius 2 is 1.71 bits per heavy atom. The number of sulfonamides is 1. The van der Waals surface area contributed by atoms with Crippen LogP contribution in [0.15, 0.2) is 77.7 Å². The smallest absolute Gasteiger partial charge is 0.264 e. The molecule has 3 aromatic carbocycles. The van der Waals surface area contributed by atoms with E-state index in [1.165, 1.54) is 23.5 Å².